The molecular weight excluding hydrogens is 340 g/mol. The monoisotopic (exact) mass is 368 g/mol. The van der Waals surface area contributed by atoms with Crippen LogP contribution in [0.15, 0.2) is 29.2 Å². The largest absolute Gasteiger partial charge is 0.384 e. The van der Waals surface area contributed by atoms with E-state index in [0.717, 1.165) is 19.5 Å². The maximum absolute atomic E-state index is 12.3. The highest BCUT2D eigenvalue weighted by atomic mass is 32.2. The molecule has 1 N–H and O–H groups in total. The van der Waals surface area contributed by atoms with Crippen molar-refractivity contribution in [1.29, 1.82) is 0 Å². The second-order valence-electron chi connectivity index (χ2n) is 6.32. The molecule has 1 aromatic rings. The minimum absolute atomic E-state index is 0.0659. The first-order valence-electron chi connectivity index (χ1n) is 8.82. The summed E-state index contributed by atoms with van der Waals surface area (Å²) in [5.74, 6) is -0.230. The summed E-state index contributed by atoms with van der Waals surface area (Å²) in [6.45, 7) is 5.00. The number of nitrogens with zero attached hydrogens (tertiary/aromatic N) is 1. The summed E-state index contributed by atoms with van der Waals surface area (Å²) in [4.78, 5) is 14.9. The lowest BCUT2D eigenvalue weighted by Crippen LogP contribution is -2.46. The number of amides is 1. The predicted molar refractivity (Wildman–Crippen MR) is 97.6 cm³/mol. The third-order valence-electron chi connectivity index (χ3n) is 4.69. The van der Waals surface area contributed by atoms with Crippen LogP contribution in [0.5, 0.6) is 0 Å². The molecule has 1 aliphatic rings. The molecule has 0 spiro atoms. The summed E-state index contributed by atoms with van der Waals surface area (Å²) >= 11 is 0. The predicted octanol–water partition coefficient (Wildman–Crippen LogP) is 1.71. The Morgan fingerprint density at radius 1 is 1.28 bits per heavy atom. The van der Waals surface area contributed by atoms with E-state index < -0.39 is 9.84 Å². The number of hydrogen-bond donors (Lipinski definition) is 1. The summed E-state index contributed by atoms with van der Waals surface area (Å²) < 4.78 is 29.0. The van der Waals surface area contributed by atoms with Crippen molar-refractivity contribution in [3.63, 3.8) is 0 Å². The highest BCUT2D eigenvalue weighted by Crippen LogP contribution is 2.16. The van der Waals surface area contributed by atoms with E-state index in [4.69, 9.17) is 4.74 Å². The maximum atomic E-state index is 12.3. The quantitative estimate of drug-likeness (QED) is 0.756. The van der Waals surface area contributed by atoms with E-state index in [1.165, 1.54) is 32.1 Å². The van der Waals surface area contributed by atoms with Crippen LogP contribution in [0.3, 0.4) is 0 Å². The van der Waals surface area contributed by atoms with Gasteiger partial charge in [0.1, 0.15) is 0 Å². The molecule has 1 saturated heterocycles. The topological polar surface area (TPSA) is 75.7 Å². The Hall–Kier alpha value is -1.44. The van der Waals surface area contributed by atoms with Crippen LogP contribution in [0.2, 0.25) is 0 Å². The lowest BCUT2D eigenvalue weighted by molar-refractivity contribution is 0.0918. The molecule has 7 heteroatoms. The Kier molecular flexibility index (Phi) is 7.40. The number of piperidine rings is 1. The number of rotatable bonds is 8. The Morgan fingerprint density at radius 3 is 2.64 bits per heavy atom. The van der Waals surface area contributed by atoms with Crippen LogP contribution in [0, 0.1) is 0 Å². The lowest BCUT2D eigenvalue weighted by atomic mass is 10.0. The van der Waals surface area contributed by atoms with E-state index in [1.807, 2.05) is 0 Å². The molecule has 0 radical (unpaired) electrons. The molecule has 0 aromatic heterocycles. The summed E-state index contributed by atoms with van der Waals surface area (Å²) in [6, 6.07) is 6.48. The van der Waals surface area contributed by atoms with Crippen molar-refractivity contribution in [3.05, 3.63) is 29.8 Å². The number of likely N-dealkylation sites (tertiary alicyclic amines) is 1. The van der Waals surface area contributed by atoms with Gasteiger partial charge in [-0.1, -0.05) is 13.3 Å². The van der Waals surface area contributed by atoms with Gasteiger partial charge in [0, 0.05) is 25.3 Å². The average molecular weight is 368 g/mol. The van der Waals surface area contributed by atoms with E-state index in [9.17, 15) is 13.2 Å². The fraction of sp³-hybridized carbons (Fsp3) is 0.611. The standard InChI is InChI=1S/C18H28N2O4S/c1-3-20-11-5-4-6-16(20)14-19-18(21)15-7-9-17(10-8-15)25(22,23)13-12-24-2/h7-10,16H,3-6,11-14H2,1-2H3,(H,19,21). The summed E-state index contributed by atoms with van der Waals surface area (Å²) in [5, 5.41) is 2.98. The molecule has 25 heavy (non-hydrogen) atoms. The van der Waals surface area contributed by atoms with E-state index in [2.05, 4.69) is 17.1 Å². The zero-order valence-electron chi connectivity index (χ0n) is 15.0. The molecule has 1 unspecified atom stereocenters. The second kappa shape index (κ2) is 9.31. The number of hydrogen-bond acceptors (Lipinski definition) is 5. The van der Waals surface area contributed by atoms with Gasteiger partial charge in [-0.05, 0) is 50.2 Å². The van der Waals surface area contributed by atoms with Gasteiger partial charge in [0.15, 0.2) is 9.84 Å². The van der Waals surface area contributed by atoms with Gasteiger partial charge in [-0.2, -0.15) is 0 Å². The van der Waals surface area contributed by atoms with Gasteiger partial charge in [-0.15, -0.1) is 0 Å². The van der Waals surface area contributed by atoms with Gasteiger partial charge in [0.05, 0.1) is 17.3 Å². The summed E-state index contributed by atoms with van der Waals surface area (Å²) in [6.07, 6.45) is 3.52. The minimum atomic E-state index is -3.37. The molecule has 1 atom stereocenters. The molecular formula is C18H28N2O4S. The Labute approximate surface area is 150 Å². The van der Waals surface area contributed by atoms with E-state index in [1.54, 1.807) is 12.1 Å². The van der Waals surface area contributed by atoms with Crippen molar-refractivity contribution in [2.75, 3.05) is 39.1 Å². The molecule has 1 aliphatic heterocycles. The summed E-state index contributed by atoms with van der Waals surface area (Å²) in [5.41, 5.74) is 0.476. The number of carbonyl (C=O) groups is 1. The van der Waals surface area contributed by atoms with Crippen molar-refractivity contribution in [1.82, 2.24) is 10.2 Å². The van der Waals surface area contributed by atoms with Crippen molar-refractivity contribution in [2.45, 2.75) is 37.1 Å². The summed E-state index contributed by atoms with van der Waals surface area (Å²) in [7, 11) is -1.90. The molecule has 2 rings (SSSR count). The maximum Gasteiger partial charge on any atom is 0.251 e. The molecule has 1 fully saturated rings. The van der Waals surface area contributed by atoms with Crippen molar-refractivity contribution in [3.8, 4) is 0 Å². The van der Waals surface area contributed by atoms with Gasteiger partial charge in [0.2, 0.25) is 0 Å². The zero-order valence-corrected chi connectivity index (χ0v) is 15.8. The first-order chi connectivity index (χ1) is 12.0. The molecule has 1 aromatic carbocycles. The zero-order chi connectivity index (χ0) is 18.3. The number of ether oxygens (including phenoxy) is 1. The molecule has 1 amide bonds. The van der Waals surface area contributed by atoms with Crippen LogP contribution in [-0.2, 0) is 14.6 Å². The Bertz CT molecular complexity index is 658. The van der Waals surface area contributed by atoms with Crippen molar-refractivity contribution >= 4 is 15.7 Å². The van der Waals surface area contributed by atoms with E-state index >= 15 is 0 Å². The minimum Gasteiger partial charge on any atom is -0.384 e. The van der Waals surface area contributed by atoms with Crippen LogP contribution < -0.4 is 5.32 Å². The molecule has 1 heterocycles. The normalized spacial score (nSPS) is 18.9. The Balaban J connectivity index is 1.94. The van der Waals surface area contributed by atoms with Crippen molar-refractivity contribution in [2.24, 2.45) is 0 Å². The van der Waals surface area contributed by atoms with Gasteiger partial charge in [0.25, 0.3) is 5.91 Å². The first-order valence-corrected chi connectivity index (χ1v) is 10.5. The lowest BCUT2D eigenvalue weighted by Gasteiger charge is -2.34. The third kappa shape index (κ3) is 5.52. The van der Waals surface area contributed by atoms with Gasteiger partial charge in [-0.3, -0.25) is 9.69 Å². The van der Waals surface area contributed by atoms with Crippen molar-refractivity contribution < 1.29 is 17.9 Å². The van der Waals surface area contributed by atoms with E-state index in [0.29, 0.717) is 18.2 Å². The molecule has 0 saturated carbocycles. The number of sulfone groups is 1. The number of carbonyl (C=O) groups excluding carboxylic acids is 1. The first kappa shape index (κ1) is 19.9. The Morgan fingerprint density at radius 2 is 2.00 bits per heavy atom. The molecule has 0 bridgehead atoms. The van der Waals surface area contributed by atoms with Gasteiger partial charge < -0.3 is 10.1 Å². The molecule has 0 aliphatic carbocycles. The van der Waals surface area contributed by atoms with E-state index in [-0.39, 0.29) is 23.2 Å². The second-order valence-corrected chi connectivity index (χ2v) is 8.43. The average Bonchev–Trinajstić information content (AvgIpc) is 2.64. The molecule has 140 valence electrons. The highest BCUT2D eigenvalue weighted by Gasteiger charge is 2.21. The molecule has 6 nitrogen and oxygen atoms in total. The number of methoxy groups -OCH3 is 1. The number of nitrogens with one attached hydrogen (secondary N) is 1. The van der Waals surface area contributed by atoms with Crippen LogP contribution >= 0.6 is 0 Å². The van der Waals surface area contributed by atoms with Gasteiger partial charge in [-0.25, -0.2) is 8.42 Å². The van der Waals surface area contributed by atoms with Crippen LogP contribution in [0.1, 0.15) is 36.5 Å². The van der Waals surface area contributed by atoms with Crippen LogP contribution in [-0.4, -0.2) is 64.4 Å². The number of benzene rings is 1. The fourth-order valence-corrected chi connectivity index (χ4v) is 4.32. The van der Waals surface area contributed by atoms with Gasteiger partial charge >= 0.3 is 0 Å². The van der Waals surface area contributed by atoms with Crippen LogP contribution in [0.25, 0.3) is 0 Å². The smallest absolute Gasteiger partial charge is 0.251 e. The number of likely N-dealkylation sites (N-methyl/N-ethyl adjacent to an activating group) is 1. The highest BCUT2D eigenvalue weighted by molar-refractivity contribution is 7.91. The SMILES string of the molecule is CCN1CCCCC1CNC(=O)c1ccc(S(=O)(=O)CCOC)cc1. The third-order valence-corrected chi connectivity index (χ3v) is 6.38. The fourth-order valence-electron chi connectivity index (χ4n) is 3.14. The van der Waals surface area contributed by atoms with Crippen LogP contribution in [0.4, 0.5) is 0 Å².